The molecule has 0 radical (unpaired) electrons. The summed E-state index contributed by atoms with van der Waals surface area (Å²) in [5, 5.41) is 5.25. The molecule has 1 heterocycles. The summed E-state index contributed by atoms with van der Waals surface area (Å²) in [7, 11) is -2.20. The molecule has 0 aromatic heterocycles. The maximum Gasteiger partial charge on any atom is 0.251 e. The minimum atomic E-state index is -3.77. The van der Waals surface area contributed by atoms with Crippen molar-refractivity contribution in [3.8, 4) is 5.75 Å². The standard InChI is InChI=1S/C23H29N3O6S/c1-16-14-26(15-17(2)32-16)33(29,30)21-6-4-5-19(11-21)23(28)25-13-22(27)24-12-18-7-9-20(31-3)10-8-18/h4-11,16-17H,12-15H2,1-3H3,(H,24,27)(H,25,28). The summed E-state index contributed by atoms with van der Waals surface area (Å²) in [4.78, 5) is 24.7. The highest BCUT2D eigenvalue weighted by Gasteiger charge is 2.32. The first-order valence-corrected chi connectivity index (χ1v) is 12.1. The second-order valence-electron chi connectivity index (χ2n) is 7.91. The average molecular weight is 476 g/mol. The van der Waals surface area contributed by atoms with E-state index in [-0.39, 0.29) is 48.2 Å². The highest BCUT2D eigenvalue weighted by atomic mass is 32.2. The number of hydrogen-bond acceptors (Lipinski definition) is 6. The molecule has 10 heteroatoms. The normalized spacial score (nSPS) is 19.0. The van der Waals surface area contributed by atoms with Crippen molar-refractivity contribution in [1.29, 1.82) is 0 Å². The molecule has 0 saturated carbocycles. The van der Waals surface area contributed by atoms with Crippen LogP contribution in [0.1, 0.15) is 29.8 Å². The smallest absolute Gasteiger partial charge is 0.251 e. The molecule has 33 heavy (non-hydrogen) atoms. The predicted octanol–water partition coefficient (Wildman–Crippen LogP) is 1.54. The molecule has 3 rings (SSSR count). The Morgan fingerprint density at radius 3 is 2.36 bits per heavy atom. The lowest BCUT2D eigenvalue weighted by Crippen LogP contribution is -2.48. The summed E-state index contributed by atoms with van der Waals surface area (Å²) < 4.78 is 38.2. The van der Waals surface area contributed by atoms with Crippen molar-refractivity contribution in [3.63, 3.8) is 0 Å². The number of benzene rings is 2. The van der Waals surface area contributed by atoms with Crippen LogP contribution in [-0.2, 0) is 26.1 Å². The molecular weight excluding hydrogens is 446 g/mol. The van der Waals surface area contributed by atoms with E-state index in [0.29, 0.717) is 6.54 Å². The highest BCUT2D eigenvalue weighted by molar-refractivity contribution is 7.89. The van der Waals surface area contributed by atoms with Gasteiger partial charge < -0.3 is 20.1 Å². The van der Waals surface area contributed by atoms with Crippen molar-refractivity contribution in [2.24, 2.45) is 0 Å². The van der Waals surface area contributed by atoms with Gasteiger partial charge in [0.15, 0.2) is 0 Å². The molecule has 0 aliphatic carbocycles. The van der Waals surface area contributed by atoms with Gasteiger partial charge in [-0.05, 0) is 49.7 Å². The van der Waals surface area contributed by atoms with Crippen LogP contribution in [0, 0.1) is 0 Å². The van der Waals surface area contributed by atoms with Gasteiger partial charge in [-0.15, -0.1) is 0 Å². The lowest BCUT2D eigenvalue weighted by molar-refractivity contribution is -0.120. The lowest BCUT2D eigenvalue weighted by Gasteiger charge is -2.34. The second-order valence-corrected chi connectivity index (χ2v) is 9.85. The molecule has 2 atom stereocenters. The quantitative estimate of drug-likeness (QED) is 0.599. The van der Waals surface area contributed by atoms with E-state index in [9.17, 15) is 18.0 Å². The van der Waals surface area contributed by atoms with Gasteiger partial charge in [-0.1, -0.05) is 18.2 Å². The maximum atomic E-state index is 13.0. The largest absolute Gasteiger partial charge is 0.497 e. The first-order chi connectivity index (χ1) is 15.7. The van der Waals surface area contributed by atoms with E-state index >= 15 is 0 Å². The van der Waals surface area contributed by atoms with Gasteiger partial charge in [-0.2, -0.15) is 4.31 Å². The molecule has 2 aromatic carbocycles. The van der Waals surface area contributed by atoms with Crippen LogP contribution in [0.5, 0.6) is 5.75 Å². The Labute approximate surface area is 194 Å². The van der Waals surface area contributed by atoms with E-state index in [0.717, 1.165) is 11.3 Å². The van der Waals surface area contributed by atoms with Crippen molar-refractivity contribution in [2.75, 3.05) is 26.7 Å². The zero-order chi connectivity index (χ0) is 24.0. The number of amides is 2. The molecule has 2 unspecified atom stereocenters. The molecule has 1 saturated heterocycles. The van der Waals surface area contributed by atoms with Crippen LogP contribution in [0.3, 0.4) is 0 Å². The van der Waals surface area contributed by atoms with Gasteiger partial charge >= 0.3 is 0 Å². The molecule has 0 bridgehead atoms. The van der Waals surface area contributed by atoms with Crippen molar-refractivity contribution >= 4 is 21.8 Å². The van der Waals surface area contributed by atoms with Crippen molar-refractivity contribution in [1.82, 2.24) is 14.9 Å². The maximum absolute atomic E-state index is 13.0. The molecule has 0 spiro atoms. The monoisotopic (exact) mass is 475 g/mol. The summed E-state index contributed by atoms with van der Waals surface area (Å²) in [5.74, 6) is -0.172. The molecule has 2 N–H and O–H groups in total. The van der Waals surface area contributed by atoms with Crippen LogP contribution < -0.4 is 15.4 Å². The lowest BCUT2D eigenvalue weighted by atomic mass is 10.2. The Bertz CT molecular complexity index is 1080. The van der Waals surface area contributed by atoms with E-state index in [1.165, 1.54) is 28.6 Å². The zero-order valence-corrected chi connectivity index (χ0v) is 19.7. The topological polar surface area (TPSA) is 114 Å². The van der Waals surface area contributed by atoms with Gasteiger partial charge in [-0.25, -0.2) is 8.42 Å². The first kappa shape index (κ1) is 24.7. The van der Waals surface area contributed by atoms with E-state index in [2.05, 4.69) is 10.6 Å². The minimum absolute atomic E-state index is 0.0282. The molecule has 178 valence electrons. The van der Waals surface area contributed by atoms with Crippen molar-refractivity contribution in [3.05, 3.63) is 59.7 Å². The fraction of sp³-hybridized carbons (Fsp3) is 0.391. The summed E-state index contributed by atoms with van der Waals surface area (Å²) in [6, 6.07) is 13.1. The second kappa shape index (κ2) is 10.8. The Morgan fingerprint density at radius 1 is 1.06 bits per heavy atom. The molecule has 2 aromatic rings. The van der Waals surface area contributed by atoms with Gasteiger partial charge in [0.25, 0.3) is 5.91 Å². The van der Waals surface area contributed by atoms with Gasteiger partial charge in [0.05, 0.1) is 30.8 Å². The third-order valence-corrected chi connectivity index (χ3v) is 7.01. The van der Waals surface area contributed by atoms with E-state index in [1.807, 2.05) is 26.0 Å². The SMILES string of the molecule is COc1ccc(CNC(=O)CNC(=O)c2cccc(S(=O)(=O)N3CC(C)OC(C)C3)c2)cc1. The Balaban J connectivity index is 1.57. The Hall–Kier alpha value is -2.95. The van der Waals surface area contributed by atoms with Crippen LogP contribution in [0.4, 0.5) is 0 Å². The summed E-state index contributed by atoms with van der Waals surface area (Å²) in [6.07, 6.45) is -0.433. The molecule has 9 nitrogen and oxygen atoms in total. The number of sulfonamides is 1. The first-order valence-electron chi connectivity index (χ1n) is 10.6. The zero-order valence-electron chi connectivity index (χ0n) is 18.9. The summed E-state index contributed by atoms with van der Waals surface area (Å²) in [6.45, 7) is 4.21. The van der Waals surface area contributed by atoms with Crippen LogP contribution in [0.25, 0.3) is 0 Å². The number of hydrogen-bond donors (Lipinski definition) is 2. The van der Waals surface area contributed by atoms with Crippen LogP contribution in [-0.4, -0.2) is 63.5 Å². The highest BCUT2D eigenvalue weighted by Crippen LogP contribution is 2.22. The number of nitrogens with zero attached hydrogens (tertiary/aromatic N) is 1. The van der Waals surface area contributed by atoms with Gasteiger partial charge in [0.2, 0.25) is 15.9 Å². The van der Waals surface area contributed by atoms with Crippen molar-refractivity contribution < 1.29 is 27.5 Å². The van der Waals surface area contributed by atoms with Crippen LogP contribution >= 0.6 is 0 Å². The van der Waals surface area contributed by atoms with Gasteiger partial charge in [0.1, 0.15) is 5.75 Å². The molecule has 1 fully saturated rings. The number of carbonyl (C=O) groups excluding carboxylic acids is 2. The molecule has 1 aliphatic rings. The summed E-state index contributed by atoms with van der Waals surface area (Å²) >= 11 is 0. The van der Waals surface area contributed by atoms with E-state index < -0.39 is 15.9 Å². The number of rotatable bonds is 8. The van der Waals surface area contributed by atoms with E-state index in [1.54, 1.807) is 19.2 Å². The molecule has 1 aliphatic heterocycles. The number of ether oxygens (including phenoxy) is 2. The number of methoxy groups -OCH3 is 1. The minimum Gasteiger partial charge on any atom is -0.497 e. The third kappa shape index (κ3) is 6.53. The molecule has 2 amide bonds. The fourth-order valence-corrected chi connectivity index (χ4v) is 5.18. The van der Waals surface area contributed by atoms with Crippen molar-refractivity contribution in [2.45, 2.75) is 37.5 Å². The van der Waals surface area contributed by atoms with Crippen LogP contribution in [0.2, 0.25) is 0 Å². The Morgan fingerprint density at radius 2 is 1.73 bits per heavy atom. The Kier molecular flexibility index (Phi) is 8.06. The third-order valence-electron chi connectivity index (χ3n) is 5.18. The summed E-state index contributed by atoms with van der Waals surface area (Å²) in [5.41, 5.74) is 1.05. The average Bonchev–Trinajstić information content (AvgIpc) is 2.81. The van der Waals surface area contributed by atoms with E-state index in [4.69, 9.17) is 9.47 Å². The van der Waals surface area contributed by atoms with Crippen LogP contribution in [0.15, 0.2) is 53.4 Å². The van der Waals surface area contributed by atoms with Gasteiger partial charge in [0, 0.05) is 25.2 Å². The number of carbonyl (C=O) groups is 2. The number of nitrogens with one attached hydrogen (secondary N) is 2. The fourth-order valence-electron chi connectivity index (χ4n) is 3.54. The number of morpholine rings is 1. The molecular formula is C23H29N3O6S. The predicted molar refractivity (Wildman–Crippen MR) is 122 cm³/mol. The van der Waals surface area contributed by atoms with Gasteiger partial charge in [-0.3, -0.25) is 9.59 Å².